The molecule has 3 atom stereocenters. The predicted octanol–water partition coefficient (Wildman–Crippen LogP) is 1.43. The van der Waals surface area contributed by atoms with Gasteiger partial charge in [-0.2, -0.15) is 0 Å². The third kappa shape index (κ3) is 1.01. The van der Waals surface area contributed by atoms with E-state index in [1.807, 2.05) is 0 Å². The lowest BCUT2D eigenvalue weighted by atomic mass is 9.64. The number of rotatable bonds is 1. The maximum Gasteiger partial charge on any atom is 0.0629 e. The van der Waals surface area contributed by atoms with Gasteiger partial charge in [-0.3, -0.25) is 0 Å². The standard InChI is InChI=1S/C10H18O2/c1-10(2)8-6-12-9(10)4-3-7(8)5-11/h7-9,11H,3-6H2,1-2H3/t7-,8+,9-/m1/s1. The number of ether oxygens (including phenoxy) is 1. The second-order valence-corrected chi connectivity index (χ2v) is 4.77. The Balaban J connectivity index is 2.19. The second kappa shape index (κ2) is 2.71. The molecule has 70 valence electrons. The second-order valence-electron chi connectivity index (χ2n) is 4.77. The van der Waals surface area contributed by atoms with Crippen LogP contribution >= 0.6 is 0 Å². The maximum absolute atomic E-state index is 9.19. The molecule has 2 aliphatic rings. The van der Waals surface area contributed by atoms with Crippen molar-refractivity contribution in [3.63, 3.8) is 0 Å². The fourth-order valence-corrected chi connectivity index (χ4v) is 2.87. The van der Waals surface area contributed by atoms with Gasteiger partial charge >= 0.3 is 0 Å². The van der Waals surface area contributed by atoms with E-state index in [1.54, 1.807) is 0 Å². The molecule has 1 heterocycles. The zero-order valence-corrected chi connectivity index (χ0v) is 7.92. The minimum Gasteiger partial charge on any atom is -0.396 e. The quantitative estimate of drug-likeness (QED) is 0.645. The first-order chi connectivity index (χ1) is 5.66. The average molecular weight is 170 g/mol. The van der Waals surface area contributed by atoms with Crippen LogP contribution in [0.25, 0.3) is 0 Å². The highest BCUT2D eigenvalue weighted by molar-refractivity contribution is 4.98. The van der Waals surface area contributed by atoms with Crippen LogP contribution in [0.4, 0.5) is 0 Å². The summed E-state index contributed by atoms with van der Waals surface area (Å²) in [5, 5.41) is 9.19. The van der Waals surface area contributed by atoms with Crippen LogP contribution in [0, 0.1) is 17.3 Å². The van der Waals surface area contributed by atoms with Gasteiger partial charge in [-0.05, 0) is 30.1 Å². The van der Waals surface area contributed by atoms with Crippen LogP contribution in [0.2, 0.25) is 0 Å². The Morgan fingerprint density at radius 2 is 2.17 bits per heavy atom. The van der Waals surface area contributed by atoms with E-state index < -0.39 is 0 Å². The lowest BCUT2D eigenvalue weighted by molar-refractivity contribution is 0.0218. The van der Waals surface area contributed by atoms with Gasteiger partial charge in [0.25, 0.3) is 0 Å². The molecule has 2 fully saturated rings. The van der Waals surface area contributed by atoms with Crippen LogP contribution in [0.3, 0.4) is 0 Å². The lowest BCUT2D eigenvalue weighted by Crippen LogP contribution is -2.40. The van der Waals surface area contributed by atoms with Crippen molar-refractivity contribution in [3.05, 3.63) is 0 Å². The molecule has 2 nitrogen and oxygen atoms in total. The molecule has 0 spiro atoms. The van der Waals surface area contributed by atoms with Crippen LogP contribution in [-0.4, -0.2) is 24.4 Å². The van der Waals surface area contributed by atoms with Crippen molar-refractivity contribution in [1.29, 1.82) is 0 Å². The Labute approximate surface area is 73.9 Å². The summed E-state index contributed by atoms with van der Waals surface area (Å²) in [5.41, 5.74) is 0.297. The van der Waals surface area contributed by atoms with Gasteiger partial charge in [0.1, 0.15) is 0 Å². The molecule has 2 heteroatoms. The van der Waals surface area contributed by atoms with Crippen molar-refractivity contribution in [2.24, 2.45) is 17.3 Å². The molecule has 1 aliphatic heterocycles. The molecule has 0 unspecified atom stereocenters. The first kappa shape index (κ1) is 8.52. The zero-order valence-electron chi connectivity index (χ0n) is 7.92. The van der Waals surface area contributed by atoms with E-state index in [1.165, 1.54) is 0 Å². The summed E-state index contributed by atoms with van der Waals surface area (Å²) in [7, 11) is 0. The third-order valence-electron chi connectivity index (χ3n) is 3.87. The van der Waals surface area contributed by atoms with Crippen LogP contribution in [0.1, 0.15) is 26.7 Å². The number of aliphatic hydroxyl groups is 1. The first-order valence-corrected chi connectivity index (χ1v) is 4.88. The molecule has 2 bridgehead atoms. The SMILES string of the molecule is CC1(C)[C@H]2CC[C@H](CO)[C@@H]1CO2. The van der Waals surface area contributed by atoms with Gasteiger partial charge in [0.2, 0.25) is 0 Å². The number of aliphatic hydroxyl groups excluding tert-OH is 1. The molecule has 1 saturated carbocycles. The number of hydrogen-bond donors (Lipinski definition) is 1. The van der Waals surface area contributed by atoms with Crippen molar-refractivity contribution in [2.45, 2.75) is 32.8 Å². The van der Waals surface area contributed by atoms with Crippen LogP contribution < -0.4 is 0 Å². The fourth-order valence-electron chi connectivity index (χ4n) is 2.87. The van der Waals surface area contributed by atoms with E-state index >= 15 is 0 Å². The van der Waals surface area contributed by atoms with Crippen molar-refractivity contribution >= 4 is 0 Å². The van der Waals surface area contributed by atoms with Gasteiger partial charge in [-0.25, -0.2) is 0 Å². The van der Waals surface area contributed by atoms with Gasteiger partial charge in [0.15, 0.2) is 0 Å². The molecule has 0 amide bonds. The summed E-state index contributed by atoms with van der Waals surface area (Å²) in [6, 6.07) is 0. The molecule has 0 aromatic rings. The zero-order chi connectivity index (χ0) is 8.77. The molecule has 0 aromatic carbocycles. The summed E-state index contributed by atoms with van der Waals surface area (Å²) < 4.78 is 5.71. The summed E-state index contributed by atoms with van der Waals surface area (Å²) >= 11 is 0. The van der Waals surface area contributed by atoms with E-state index in [0.29, 0.717) is 30.0 Å². The molecular weight excluding hydrogens is 152 g/mol. The Kier molecular flexibility index (Phi) is 1.92. The first-order valence-electron chi connectivity index (χ1n) is 4.88. The minimum atomic E-state index is 0.297. The van der Waals surface area contributed by atoms with Crippen molar-refractivity contribution in [3.8, 4) is 0 Å². The highest BCUT2D eigenvalue weighted by atomic mass is 16.5. The van der Waals surface area contributed by atoms with Crippen molar-refractivity contribution in [2.75, 3.05) is 13.2 Å². The number of hydrogen-bond acceptors (Lipinski definition) is 2. The minimum absolute atomic E-state index is 0.297. The van der Waals surface area contributed by atoms with Gasteiger partial charge < -0.3 is 9.84 Å². The normalized spacial score (nSPS) is 44.8. The molecule has 1 aliphatic carbocycles. The Morgan fingerprint density at radius 1 is 1.42 bits per heavy atom. The highest BCUT2D eigenvalue weighted by Gasteiger charge is 2.50. The van der Waals surface area contributed by atoms with E-state index in [2.05, 4.69) is 13.8 Å². The summed E-state index contributed by atoms with van der Waals surface area (Å²) in [6.07, 6.45) is 2.73. The summed E-state index contributed by atoms with van der Waals surface area (Å²) in [6.45, 7) is 5.75. The third-order valence-corrected chi connectivity index (χ3v) is 3.87. The average Bonchev–Trinajstić information content (AvgIpc) is 2.24. The lowest BCUT2D eigenvalue weighted by Gasteiger charge is -2.39. The molecule has 1 N–H and O–H groups in total. The van der Waals surface area contributed by atoms with E-state index in [-0.39, 0.29) is 0 Å². The van der Waals surface area contributed by atoms with E-state index in [4.69, 9.17) is 4.74 Å². The predicted molar refractivity (Wildman–Crippen MR) is 46.8 cm³/mol. The Morgan fingerprint density at radius 3 is 2.83 bits per heavy atom. The van der Waals surface area contributed by atoms with Gasteiger partial charge in [-0.1, -0.05) is 13.8 Å². The monoisotopic (exact) mass is 170 g/mol. The fraction of sp³-hybridized carbons (Fsp3) is 1.00. The van der Waals surface area contributed by atoms with Gasteiger partial charge in [0, 0.05) is 6.61 Å². The molecular formula is C10H18O2. The highest BCUT2D eigenvalue weighted by Crippen LogP contribution is 2.50. The Hall–Kier alpha value is -0.0800. The molecule has 0 aromatic heterocycles. The molecule has 0 radical (unpaired) electrons. The van der Waals surface area contributed by atoms with Crippen LogP contribution in [0.5, 0.6) is 0 Å². The van der Waals surface area contributed by atoms with Gasteiger partial charge in [0.05, 0.1) is 12.7 Å². The summed E-state index contributed by atoms with van der Waals surface area (Å²) in [4.78, 5) is 0. The smallest absolute Gasteiger partial charge is 0.0629 e. The van der Waals surface area contributed by atoms with Crippen molar-refractivity contribution in [1.82, 2.24) is 0 Å². The van der Waals surface area contributed by atoms with E-state index in [9.17, 15) is 5.11 Å². The molecule has 2 rings (SSSR count). The van der Waals surface area contributed by atoms with Crippen molar-refractivity contribution < 1.29 is 9.84 Å². The van der Waals surface area contributed by atoms with E-state index in [0.717, 1.165) is 19.4 Å². The molecule has 1 saturated heterocycles. The Bertz CT molecular complexity index is 177. The van der Waals surface area contributed by atoms with Crippen LogP contribution in [0.15, 0.2) is 0 Å². The maximum atomic E-state index is 9.19. The largest absolute Gasteiger partial charge is 0.396 e. The van der Waals surface area contributed by atoms with Gasteiger partial charge in [-0.15, -0.1) is 0 Å². The number of fused-ring (bicyclic) bond motifs is 2. The van der Waals surface area contributed by atoms with Crippen LogP contribution in [-0.2, 0) is 4.74 Å². The topological polar surface area (TPSA) is 29.5 Å². The molecule has 12 heavy (non-hydrogen) atoms. The summed E-state index contributed by atoms with van der Waals surface area (Å²) in [5.74, 6) is 1.07.